The lowest BCUT2D eigenvalue weighted by atomic mass is 10.1. The van der Waals surface area contributed by atoms with Gasteiger partial charge >= 0.3 is 0 Å². The second-order valence-corrected chi connectivity index (χ2v) is 6.52. The van der Waals surface area contributed by atoms with Gasteiger partial charge in [-0.2, -0.15) is 0 Å². The van der Waals surface area contributed by atoms with Crippen LogP contribution in [0.4, 0.5) is 17.3 Å². The summed E-state index contributed by atoms with van der Waals surface area (Å²) in [6, 6.07) is 18.9. The van der Waals surface area contributed by atoms with E-state index in [1.165, 1.54) is 16.7 Å². The Labute approximate surface area is 155 Å². The molecule has 0 aliphatic carbocycles. The van der Waals surface area contributed by atoms with Gasteiger partial charge in [0, 0.05) is 24.8 Å². The van der Waals surface area contributed by atoms with Crippen LogP contribution in [0.15, 0.2) is 54.6 Å². The Morgan fingerprint density at radius 1 is 0.923 bits per heavy atom. The third kappa shape index (κ3) is 4.20. The summed E-state index contributed by atoms with van der Waals surface area (Å²) in [7, 11) is 0. The SMILES string of the molecule is CCN(c1cccc(C)c1)c1cc(NCc2ccccc2C)nc(C)n1. The van der Waals surface area contributed by atoms with Gasteiger partial charge in [-0.25, -0.2) is 9.97 Å². The zero-order chi connectivity index (χ0) is 18.5. The number of rotatable bonds is 6. The summed E-state index contributed by atoms with van der Waals surface area (Å²) in [5.74, 6) is 2.53. The first kappa shape index (κ1) is 17.9. The van der Waals surface area contributed by atoms with Crippen LogP contribution in [0.5, 0.6) is 0 Å². The average molecular weight is 346 g/mol. The van der Waals surface area contributed by atoms with Crippen LogP contribution < -0.4 is 10.2 Å². The fourth-order valence-corrected chi connectivity index (χ4v) is 3.05. The Morgan fingerprint density at radius 2 is 1.73 bits per heavy atom. The van der Waals surface area contributed by atoms with Crippen LogP contribution in [0.3, 0.4) is 0 Å². The molecule has 0 unspecified atom stereocenters. The summed E-state index contributed by atoms with van der Waals surface area (Å²) in [6.45, 7) is 9.91. The molecule has 0 fully saturated rings. The predicted octanol–water partition coefficient (Wildman–Crippen LogP) is 5.17. The molecule has 134 valence electrons. The molecule has 0 spiro atoms. The van der Waals surface area contributed by atoms with E-state index < -0.39 is 0 Å². The maximum Gasteiger partial charge on any atom is 0.138 e. The molecule has 4 heteroatoms. The molecule has 0 saturated carbocycles. The van der Waals surface area contributed by atoms with E-state index in [-0.39, 0.29) is 0 Å². The van der Waals surface area contributed by atoms with Gasteiger partial charge in [0.25, 0.3) is 0 Å². The summed E-state index contributed by atoms with van der Waals surface area (Å²) in [5, 5.41) is 3.45. The van der Waals surface area contributed by atoms with Gasteiger partial charge in [-0.15, -0.1) is 0 Å². The summed E-state index contributed by atoms with van der Waals surface area (Å²) in [4.78, 5) is 11.4. The highest BCUT2D eigenvalue weighted by Crippen LogP contribution is 2.26. The van der Waals surface area contributed by atoms with E-state index in [9.17, 15) is 0 Å². The summed E-state index contributed by atoms with van der Waals surface area (Å²) in [6.07, 6.45) is 0. The quantitative estimate of drug-likeness (QED) is 0.668. The highest BCUT2D eigenvalue weighted by molar-refractivity contribution is 5.63. The van der Waals surface area contributed by atoms with Gasteiger partial charge in [-0.3, -0.25) is 0 Å². The first-order valence-corrected chi connectivity index (χ1v) is 9.05. The molecule has 0 atom stereocenters. The molecule has 0 aliphatic rings. The van der Waals surface area contributed by atoms with Crippen molar-refractivity contribution in [2.45, 2.75) is 34.2 Å². The van der Waals surface area contributed by atoms with E-state index in [1.54, 1.807) is 0 Å². The minimum Gasteiger partial charge on any atom is -0.366 e. The molecule has 0 radical (unpaired) electrons. The minimum absolute atomic E-state index is 0.749. The highest BCUT2D eigenvalue weighted by Gasteiger charge is 2.11. The summed E-state index contributed by atoms with van der Waals surface area (Å²) < 4.78 is 0. The standard InChI is InChI=1S/C22H26N4/c1-5-26(20-12-8-9-16(2)13-20)22-14-21(24-18(4)25-22)23-15-19-11-7-6-10-17(19)3/h6-14H,5,15H2,1-4H3,(H,23,24,25). The predicted molar refractivity (Wildman–Crippen MR) is 109 cm³/mol. The Morgan fingerprint density at radius 3 is 2.46 bits per heavy atom. The lowest BCUT2D eigenvalue weighted by Gasteiger charge is -2.23. The van der Waals surface area contributed by atoms with Crippen molar-refractivity contribution >= 4 is 17.3 Å². The molecule has 2 aromatic carbocycles. The van der Waals surface area contributed by atoms with E-state index in [2.05, 4.69) is 89.5 Å². The molecule has 0 bridgehead atoms. The van der Waals surface area contributed by atoms with Crippen molar-refractivity contribution in [2.24, 2.45) is 0 Å². The molecule has 26 heavy (non-hydrogen) atoms. The van der Waals surface area contributed by atoms with Gasteiger partial charge in [-0.05, 0) is 56.5 Å². The van der Waals surface area contributed by atoms with Crippen molar-refractivity contribution in [3.8, 4) is 0 Å². The topological polar surface area (TPSA) is 41.0 Å². The zero-order valence-corrected chi connectivity index (χ0v) is 16.0. The number of anilines is 3. The van der Waals surface area contributed by atoms with Gasteiger partial charge in [0.1, 0.15) is 17.5 Å². The second-order valence-electron chi connectivity index (χ2n) is 6.52. The number of benzene rings is 2. The molecule has 1 aromatic heterocycles. The summed E-state index contributed by atoms with van der Waals surface area (Å²) in [5.41, 5.74) is 4.94. The molecule has 0 aliphatic heterocycles. The van der Waals surface area contributed by atoms with Gasteiger partial charge in [0.2, 0.25) is 0 Å². The lowest BCUT2D eigenvalue weighted by molar-refractivity contribution is 0.944. The van der Waals surface area contributed by atoms with Crippen LogP contribution in [0.2, 0.25) is 0 Å². The van der Waals surface area contributed by atoms with Crippen LogP contribution >= 0.6 is 0 Å². The van der Waals surface area contributed by atoms with E-state index in [0.717, 1.165) is 36.2 Å². The van der Waals surface area contributed by atoms with Gasteiger partial charge in [0.15, 0.2) is 0 Å². The third-order valence-electron chi connectivity index (χ3n) is 4.45. The molecule has 1 heterocycles. The Kier molecular flexibility index (Phi) is 5.52. The van der Waals surface area contributed by atoms with Crippen molar-refractivity contribution in [2.75, 3.05) is 16.8 Å². The number of hydrogen-bond acceptors (Lipinski definition) is 4. The Hall–Kier alpha value is -2.88. The average Bonchev–Trinajstić information content (AvgIpc) is 2.61. The van der Waals surface area contributed by atoms with Crippen molar-refractivity contribution in [3.05, 3.63) is 77.1 Å². The van der Waals surface area contributed by atoms with E-state index in [4.69, 9.17) is 0 Å². The first-order chi connectivity index (χ1) is 12.6. The molecule has 0 amide bonds. The highest BCUT2D eigenvalue weighted by atomic mass is 15.2. The molecule has 3 rings (SSSR count). The molecule has 0 saturated heterocycles. The van der Waals surface area contributed by atoms with Gasteiger partial charge < -0.3 is 10.2 Å². The van der Waals surface area contributed by atoms with Crippen LogP contribution in [0, 0.1) is 20.8 Å². The van der Waals surface area contributed by atoms with E-state index >= 15 is 0 Å². The van der Waals surface area contributed by atoms with Crippen molar-refractivity contribution < 1.29 is 0 Å². The number of nitrogens with one attached hydrogen (secondary N) is 1. The number of hydrogen-bond donors (Lipinski definition) is 1. The summed E-state index contributed by atoms with van der Waals surface area (Å²) >= 11 is 0. The van der Waals surface area contributed by atoms with Crippen LogP contribution in [0.1, 0.15) is 29.4 Å². The van der Waals surface area contributed by atoms with Crippen LogP contribution in [0.25, 0.3) is 0 Å². The maximum atomic E-state index is 4.66. The zero-order valence-electron chi connectivity index (χ0n) is 16.0. The number of nitrogens with zero attached hydrogens (tertiary/aromatic N) is 3. The smallest absolute Gasteiger partial charge is 0.138 e. The fourth-order valence-electron chi connectivity index (χ4n) is 3.05. The Balaban J connectivity index is 1.85. The van der Waals surface area contributed by atoms with Gasteiger partial charge in [0.05, 0.1) is 0 Å². The van der Waals surface area contributed by atoms with Crippen molar-refractivity contribution in [3.63, 3.8) is 0 Å². The van der Waals surface area contributed by atoms with Crippen LogP contribution in [-0.4, -0.2) is 16.5 Å². The van der Waals surface area contributed by atoms with Crippen molar-refractivity contribution in [1.29, 1.82) is 0 Å². The fraction of sp³-hybridized carbons (Fsp3) is 0.273. The molecular weight excluding hydrogens is 320 g/mol. The van der Waals surface area contributed by atoms with E-state index in [0.29, 0.717) is 0 Å². The monoisotopic (exact) mass is 346 g/mol. The maximum absolute atomic E-state index is 4.66. The molecule has 4 nitrogen and oxygen atoms in total. The number of aryl methyl sites for hydroxylation is 3. The van der Waals surface area contributed by atoms with E-state index in [1.807, 2.05) is 13.0 Å². The van der Waals surface area contributed by atoms with Crippen molar-refractivity contribution in [1.82, 2.24) is 9.97 Å². The molecular formula is C22H26N4. The minimum atomic E-state index is 0.749. The van der Waals surface area contributed by atoms with Gasteiger partial charge in [-0.1, -0.05) is 36.4 Å². The lowest BCUT2D eigenvalue weighted by Crippen LogP contribution is -2.18. The third-order valence-corrected chi connectivity index (χ3v) is 4.45. The largest absolute Gasteiger partial charge is 0.366 e. The number of aromatic nitrogens is 2. The first-order valence-electron chi connectivity index (χ1n) is 9.05. The molecule has 1 N–H and O–H groups in total. The normalized spacial score (nSPS) is 10.6. The van der Waals surface area contributed by atoms with Crippen LogP contribution in [-0.2, 0) is 6.54 Å². The molecule has 3 aromatic rings. The Bertz CT molecular complexity index is 889. The second kappa shape index (κ2) is 8.00.